The van der Waals surface area contributed by atoms with E-state index in [0.29, 0.717) is 0 Å². The van der Waals surface area contributed by atoms with Crippen LogP contribution in [0.4, 0.5) is 0 Å². The molecule has 0 saturated carbocycles. The molecule has 0 nitrogen and oxygen atoms in total. The summed E-state index contributed by atoms with van der Waals surface area (Å²) < 4.78 is -0.535. The number of rotatable bonds is 1. The Hall–Kier alpha value is -0.240. The van der Waals surface area contributed by atoms with Crippen LogP contribution in [0.15, 0.2) is 42.5 Å². The molecule has 0 aliphatic heterocycles. The van der Waals surface area contributed by atoms with Gasteiger partial charge in [0, 0.05) is 5.02 Å². The molecule has 1 unspecified atom stereocenters. The summed E-state index contributed by atoms with van der Waals surface area (Å²) in [5.41, 5.74) is 1.99. The second-order valence-corrected chi connectivity index (χ2v) is 6.26. The van der Waals surface area contributed by atoms with Crippen LogP contribution < -0.4 is 0 Å². The Bertz CT molecular complexity index is 433. The van der Waals surface area contributed by atoms with E-state index < -0.39 is 3.78 Å². The highest BCUT2D eigenvalue weighted by atomic mass is 79.9. The van der Waals surface area contributed by atoms with Crippen LogP contribution in [0.1, 0.15) is 12.0 Å². The van der Waals surface area contributed by atoms with Gasteiger partial charge in [-0.1, -0.05) is 64.0 Å². The third kappa shape index (κ3) is 2.30. The molecule has 0 N–H and O–H groups in total. The van der Waals surface area contributed by atoms with Crippen molar-refractivity contribution >= 4 is 44.7 Å². The van der Waals surface area contributed by atoms with E-state index in [4.69, 9.17) is 23.2 Å². The van der Waals surface area contributed by atoms with Gasteiger partial charge in [-0.3, -0.25) is 0 Å². The Morgan fingerprint density at radius 3 is 2.67 bits per heavy atom. The highest BCUT2D eigenvalue weighted by Crippen LogP contribution is 2.45. The van der Waals surface area contributed by atoms with Crippen LogP contribution >= 0.6 is 39.1 Å². The number of benzene rings is 1. The first-order valence-corrected chi connectivity index (χ1v) is 6.16. The van der Waals surface area contributed by atoms with Crippen molar-refractivity contribution in [1.82, 2.24) is 0 Å². The summed E-state index contributed by atoms with van der Waals surface area (Å²) >= 11 is 16.0. The number of hydrogen-bond donors (Lipinski definition) is 0. The minimum atomic E-state index is -0.535. The van der Waals surface area contributed by atoms with Crippen LogP contribution in [0.3, 0.4) is 0 Å². The summed E-state index contributed by atoms with van der Waals surface area (Å²) in [6.07, 6.45) is 6.78. The standard InChI is InChI=1S/C12H9BrCl2/c13-12(15)8-4-3-6-10(12)9-5-1-2-7-11(9)14/h1-7H,8H2. The van der Waals surface area contributed by atoms with Gasteiger partial charge in [-0.05, 0) is 23.6 Å². The molecule has 15 heavy (non-hydrogen) atoms. The maximum Gasteiger partial charge on any atom is 0.128 e. The zero-order valence-corrected chi connectivity index (χ0v) is 11.0. The lowest BCUT2D eigenvalue weighted by atomic mass is 9.97. The largest absolute Gasteiger partial charge is 0.128 e. The Kier molecular flexibility index (Phi) is 3.24. The van der Waals surface area contributed by atoms with E-state index in [1.54, 1.807) is 0 Å². The average molecular weight is 304 g/mol. The molecule has 0 bridgehead atoms. The lowest BCUT2D eigenvalue weighted by molar-refractivity contribution is 1.01. The highest BCUT2D eigenvalue weighted by molar-refractivity contribution is 9.10. The van der Waals surface area contributed by atoms with Crippen molar-refractivity contribution in [3.05, 3.63) is 53.1 Å². The normalized spacial score (nSPS) is 25.1. The first kappa shape index (κ1) is 11.3. The van der Waals surface area contributed by atoms with Crippen LogP contribution in [0.25, 0.3) is 5.57 Å². The first-order valence-electron chi connectivity index (χ1n) is 4.61. The van der Waals surface area contributed by atoms with Crippen LogP contribution in [0.2, 0.25) is 5.02 Å². The molecule has 0 saturated heterocycles. The number of halogens is 3. The number of allylic oxidation sites excluding steroid dienone is 4. The van der Waals surface area contributed by atoms with Crippen molar-refractivity contribution in [2.45, 2.75) is 10.2 Å². The molecule has 1 aliphatic rings. The van der Waals surface area contributed by atoms with Crippen molar-refractivity contribution in [2.24, 2.45) is 0 Å². The fourth-order valence-electron chi connectivity index (χ4n) is 1.58. The Labute approximate surface area is 108 Å². The van der Waals surface area contributed by atoms with E-state index in [9.17, 15) is 0 Å². The third-order valence-electron chi connectivity index (χ3n) is 2.33. The van der Waals surface area contributed by atoms with Gasteiger partial charge in [0.2, 0.25) is 0 Å². The number of alkyl halides is 2. The second kappa shape index (κ2) is 4.32. The molecule has 0 fully saturated rings. The second-order valence-electron chi connectivity index (χ2n) is 3.40. The quantitative estimate of drug-likeness (QED) is 0.640. The van der Waals surface area contributed by atoms with Gasteiger partial charge in [0.05, 0.1) is 0 Å². The fraction of sp³-hybridized carbons (Fsp3) is 0.167. The minimum absolute atomic E-state index is 0.535. The van der Waals surface area contributed by atoms with Crippen molar-refractivity contribution in [3.63, 3.8) is 0 Å². The first-order chi connectivity index (χ1) is 7.11. The summed E-state index contributed by atoms with van der Waals surface area (Å²) in [5.74, 6) is 0. The van der Waals surface area contributed by atoms with Gasteiger partial charge >= 0.3 is 0 Å². The molecular formula is C12H9BrCl2. The lowest BCUT2D eigenvalue weighted by Crippen LogP contribution is -2.15. The predicted octanol–water partition coefficient (Wildman–Crippen LogP) is 5.01. The van der Waals surface area contributed by atoms with Gasteiger partial charge in [0.1, 0.15) is 3.78 Å². The third-order valence-corrected chi connectivity index (χ3v) is 3.77. The summed E-state index contributed by atoms with van der Waals surface area (Å²) in [6.45, 7) is 0. The molecule has 0 spiro atoms. The smallest absolute Gasteiger partial charge is 0.101 e. The van der Waals surface area contributed by atoms with Crippen molar-refractivity contribution in [2.75, 3.05) is 0 Å². The summed E-state index contributed by atoms with van der Waals surface area (Å²) in [6, 6.07) is 7.72. The molecule has 1 aliphatic carbocycles. The molecule has 0 radical (unpaired) electrons. The molecule has 0 aromatic heterocycles. The molecular weight excluding hydrogens is 295 g/mol. The topological polar surface area (TPSA) is 0 Å². The molecule has 1 atom stereocenters. The average Bonchev–Trinajstić information content (AvgIpc) is 2.19. The van der Waals surface area contributed by atoms with Crippen molar-refractivity contribution in [1.29, 1.82) is 0 Å². The summed E-state index contributed by atoms with van der Waals surface area (Å²) in [5, 5.41) is 0.725. The fourth-order valence-corrected chi connectivity index (χ4v) is 2.60. The molecule has 1 aromatic rings. The van der Waals surface area contributed by atoms with Crippen LogP contribution in [-0.4, -0.2) is 3.78 Å². The van der Waals surface area contributed by atoms with Crippen LogP contribution in [0.5, 0.6) is 0 Å². The summed E-state index contributed by atoms with van der Waals surface area (Å²) in [4.78, 5) is 0. The Morgan fingerprint density at radius 1 is 1.27 bits per heavy atom. The highest BCUT2D eigenvalue weighted by Gasteiger charge is 2.30. The molecule has 3 heteroatoms. The monoisotopic (exact) mass is 302 g/mol. The van der Waals surface area contributed by atoms with Crippen LogP contribution in [-0.2, 0) is 0 Å². The molecule has 0 amide bonds. The van der Waals surface area contributed by atoms with Gasteiger partial charge in [-0.25, -0.2) is 0 Å². The van der Waals surface area contributed by atoms with E-state index in [0.717, 1.165) is 22.6 Å². The van der Waals surface area contributed by atoms with Gasteiger partial charge in [-0.2, -0.15) is 0 Å². The molecule has 78 valence electrons. The predicted molar refractivity (Wildman–Crippen MR) is 70.7 cm³/mol. The molecule has 1 aromatic carbocycles. The van der Waals surface area contributed by atoms with E-state index >= 15 is 0 Å². The zero-order valence-electron chi connectivity index (χ0n) is 7.88. The van der Waals surface area contributed by atoms with E-state index in [2.05, 4.69) is 15.9 Å². The maximum atomic E-state index is 6.38. The zero-order chi connectivity index (χ0) is 10.9. The van der Waals surface area contributed by atoms with Crippen molar-refractivity contribution < 1.29 is 0 Å². The van der Waals surface area contributed by atoms with E-state index in [1.807, 2.05) is 42.5 Å². The lowest BCUT2D eigenvalue weighted by Gasteiger charge is -2.25. The maximum absolute atomic E-state index is 6.38. The summed E-state index contributed by atoms with van der Waals surface area (Å²) in [7, 11) is 0. The number of hydrogen-bond acceptors (Lipinski definition) is 0. The van der Waals surface area contributed by atoms with Gasteiger partial charge in [0.15, 0.2) is 0 Å². The van der Waals surface area contributed by atoms with Gasteiger partial charge in [0.25, 0.3) is 0 Å². The van der Waals surface area contributed by atoms with Crippen molar-refractivity contribution in [3.8, 4) is 0 Å². The van der Waals surface area contributed by atoms with E-state index in [1.165, 1.54) is 0 Å². The van der Waals surface area contributed by atoms with E-state index in [-0.39, 0.29) is 0 Å². The Morgan fingerprint density at radius 2 is 2.00 bits per heavy atom. The molecule has 2 rings (SSSR count). The van der Waals surface area contributed by atoms with Gasteiger partial charge in [-0.15, -0.1) is 11.6 Å². The molecule has 0 heterocycles. The van der Waals surface area contributed by atoms with Gasteiger partial charge < -0.3 is 0 Å². The minimum Gasteiger partial charge on any atom is -0.101 e. The SMILES string of the molecule is Clc1ccccc1C1=CC=CCC1(Cl)Br. The van der Waals surface area contributed by atoms with Crippen LogP contribution in [0, 0.1) is 0 Å². The Balaban J connectivity index is 2.51.